The minimum atomic E-state index is -1.38. The number of aromatic hydroxyl groups is 2. The van der Waals surface area contributed by atoms with Crippen LogP contribution in [0.5, 0.6) is 40.2 Å². The molecule has 3 aromatic rings. The van der Waals surface area contributed by atoms with Gasteiger partial charge in [-0.05, 0) is 74.5 Å². The van der Waals surface area contributed by atoms with Gasteiger partial charge in [0.2, 0.25) is 6.79 Å². The summed E-state index contributed by atoms with van der Waals surface area (Å²) < 4.78 is 36.2. The van der Waals surface area contributed by atoms with Crippen LogP contribution in [0.15, 0.2) is 18.2 Å². The van der Waals surface area contributed by atoms with Crippen molar-refractivity contribution in [1.29, 1.82) is 0 Å². The van der Waals surface area contributed by atoms with E-state index >= 15 is 0 Å². The van der Waals surface area contributed by atoms with E-state index in [1.54, 1.807) is 12.1 Å². The molecule has 7 aliphatic heterocycles. The number of fused-ring (bicyclic) bond motifs is 9. The molecule has 7 aliphatic rings. The molecule has 4 bridgehead atoms. The largest absolute Gasteiger partial charge is 0.504 e. The highest BCUT2D eigenvalue weighted by atomic mass is 32.2. The van der Waals surface area contributed by atoms with Gasteiger partial charge in [0.05, 0.1) is 37.6 Å². The van der Waals surface area contributed by atoms with E-state index in [1.807, 2.05) is 38.8 Å². The Balaban J connectivity index is 1.32. The van der Waals surface area contributed by atoms with Gasteiger partial charge in [0.25, 0.3) is 0 Å². The van der Waals surface area contributed by atoms with Gasteiger partial charge in [0.15, 0.2) is 40.0 Å². The zero-order chi connectivity index (χ0) is 39.5. The Labute approximate surface area is 328 Å². The summed E-state index contributed by atoms with van der Waals surface area (Å²) in [5, 5.41) is 38.6. The number of carbonyl (C=O) groups excluding carboxylic acids is 2. The van der Waals surface area contributed by atoms with Crippen LogP contribution in [0.2, 0.25) is 0 Å². The molecule has 2 fully saturated rings. The molecular formula is C41H47N3O11S. The van der Waals surface area contributed by atoms with Crippen LogP contribution in [0.4, 0.5) is 0 Å². The van der Waals surface area contributed by atoms with E-state index in [0.717, 1.165) is 16.7 Å². The Morgan fingerprint density at radius 2 is 1.79 bits per heavy atom. The van der Waals surface area contributed by atoms with E-state index in [0.29, 0.717) is 70.1 Å². The highest BCUT2D eigenvalue weighted by molar-refractivity contribution is 7.99. The number of thioether (sulfide) groups is 1. The predicted octanol–water partition coefficient (Wildman–Crippen LogP) is 4.19. The first-order valence-corrected chi connectivity index (χ1v) is 20.1. The number of esters is 2. The average Bonchev–Trinajstić information content (AvgIpc) is 3.66. The lowest BCUT2D eigenvalue weighted by Crippen LogP contribution is -2.70. The van der Waals surface area contributed by atoms with Crippen LogP contribution in [0.25, 0.3) is 0 Å². The van der Waals surface area contributed by atoms with Gasteiger partial charge in [-0.2, -0.15) is 0 Å². The molecule has 15 heteroatoms. The van der Waals surface area contributed by atoms with Crippen molar-refractivity contribution in [3.8, 4) is 40.2 Å². The van der Waals surface area contributed by atoms with Gasteiger partial charge < -0.3 is 43.7 Å². The van der Waals surface area contributed by atoms with Crippen molar-refractivity contribution in [2.45, 2.75) is 94.2 Å². The summed E-state index contributed by atoms with van der Waals surface area (Å²) in [6.45, 7) is 6.87. The molecule has 3 aromatic carbocycles. The summed E-state index contributed by atoms with van der Waals surface area (Å²) in [6.07, 6.45) is 0.678. The fourth-order valence-electron chi connectivity index (χ4n) is 10.4. The quantitative estimate of drug-likeness (QED) is 0.219. The number of ether oxygens (including phenoxy) is 6. The second-order valence-electron chi connectivity index (χ2n) is 15.7. The van der Waals surface area contributed by atoms with Crippen molar-refractivity contribution in [3.05, 3.63) is 62.7 Å². The van der Waals surface area contributed by atoms with Gasteiger partial charge in [-0.3, -0.25) is 19.9 Å². The molecule has 0 amide bonds. The molecule has 10 rings (SSSR count). The molecule has 1 spiro atoms. The Kier molecular flexibility index (Phi) is 8.85. The van der Waals surface area contributed by atoms with Gasteiger partial charge in [-0.15, -0.1) is 11.8 Å². The smallest absolute Gasteiger partial charge is 0.331 e. The molecule has 0 radical (unpaired) electrons. The maximum Gasteiger partial charge on any atom is 0.331 e. The Bertz CT molecular complexity index is 2180. The van der Waals surface area contributed by atoms with Gasteiger partial charge in [-0.1, -0.05) is 13.0 Å². The SMILES string of the molecule is CCC1Cc2cc(O)c(OC)cc2[C@@]2(CS[C@@H]3c4c(OC(C)=O)c(C)c5c(c4[C@H](COC2=O)N2C3[C@@H]3c4c(cc(C)c(OC)c4O)C[C@@H]([C@@H]2O)N3C)OCO5)N1. The molecule has 2 unspecified atom stereocenters. The van der Waals surface area contributed by atoms with Crippen LogP contribution in [0.3, 0.4) is 0 Å². The lowest BCUT2D eigenvalue weighted by Gasteiger charge is -2.62. The Hall–Kier alpha value is -4.41. The molecule has 14 nitrogen and oxygen atoms in total. The van der Waals surface area contributed by atoms with Crippen molar-refractivity contribution in [1.82, 2.24) is 15.1 Å². The standard InChI is InChI=1S/C41H47N3O11S/c1-8-22-10-20-12-26(46)27(50-6)13-23(20)41(42-22)15-56-38-30-29(37-36(53-16-54-37)18(3)35(30)55-19(4)45)25(14-52-40(41)49)44-32(38)31-28-21(11-24(39(44)48)43(31)5)9-17(2)34(51-7)33(28)47/h9,12-13,22,24-25,31-32,38-39,42,46-48H,8,10-11,14-16H2,1-7H3/t22?,24-,25-,31-,32?,38+,39-,41+/m0/s1. The number of hydrogen-bond donors (Lipinski definition) is 4. The van der Waals surface area contributed by atoms with Crippen molar-refractivity contribution >= 4 is 23.7 Å². The molecule has 298 valence electrons. The summed E-state index contributed by atoms with van der Waals surface area (Å²) in [4.78, 5) is 32.1. The van der Waals surface area contributed by atoms with Crippen LogP contribution in [0.1, 0.15) is 82.1 Å². The number of hydrogen-bond acceptors (Lipinski definition) is 15. The van der Waals surface area contributed by atoms with E-state index in [1.165, 1.54) is 32.9 Å². The second kappa shape index (κ2) is 13.3. The van der Waals surface area contributed by atoms with E-state index in [9.17, 15) is 24.9 Å². The second-order valence-corrected chi connectivity index (χ2v) is 16.8. The van der Waals surface area contributed by atoms with Gasteiger partial charge in [0, 0.05) is 47.0 Å². The van der Waals surface area contributed by atoms with Crippen LogP contribution in [-0.4, -0.2) is 102 Å². The predicted molar refractivity (Wildman–Crippen MR) is 204 cm³/mol. The van der Waals surface area contributed by atoms with E-state index in [4.69, 9.17) is 28.4 Å². The first kappa shape index (κ1) is 37.2. The number of phenolic OH excluding ortho intramolecular Hbond substituents is 2. The third-order valence-corrected chi connectivity index (χ3v) is 14.3. The molecular weight excluding hydrogens is 743 g/mol. The number of piperazine rings is 1. The monoisotopic (exact) mass is 789 g/mol. The van der Waals surface area contributed by atoms with Crippen molar-refractivity contribution in [2.75, 3.05) is 40.4 Å². The average molecular weight is 790 g/mol. The highest BCUT2D eigenvalue weighted by Crippen LogP contribution is 2.64. The number of aliphatic hydroxyl groups excluding tert-OH is 1. The van der Waals surface area contributed by atoms with Crippen LogP contribution < -0.4 is 29.0 Å². The van der Waals surface area contributed by atoms with E-state index in [2.05, 4.69) is 10.2 Å². The maximum atomic E-state index is 14.9. The third kappa shape index (κ3) is 5.10. The molecule has 8 atom stereocenters. The topological polar surface area (TPSA) is 169 Å². The molecule has 4 N–H and O–H groups in total. The number of aryl methyl sites for hydroxylation is 1. The molecule has 7 heterocycles. The molecule has 0 saturated carbocycles. The number of methoxy groups -OCH3 is 2. The first-order valence-electron chi connectivity index (χ1n) is 19.0. The number of phenols is 2. The fourth-order valence-corrected chi connectivity index (χ4v) is 12.1. The number of aliphatic hydroxyl groups is 1. The number of rotatable bonds is 4. The summed E-state index contributed by atoms with van der Waals surface area (Å²) in [5.41, 5.74) is 4.36. The van der Waals surface area contributed by atoms with Crippen molar-refractivity contribution in [2.24, 2.45) is 0 Å². The van der Waals surface area contributed by atoms with E-state index < -0.39 is 53.1 Å². The molecule has 0 aromatic heterocycles. The Morgan fingerprint density at radius 1 is 1.02 bits per heavy atom. The summed E-state index contributed by atoms with van der Waals surface area (Å²) in [6, 6.07) is 3.04. The minimum Gasteiger partial charge on any atom is -0.504 e. The number of nitrogens with one attached hydrogen (secondary N) is 1. The lowest BCUT2D eigenvalue weighted by atomic mass is 9.73. The maximum absolute atomic E-state index is 14.9. The highest BCUT2D eigenvalue weighted by Gasteiger charge is 2.61. The lowest BCUT2D eigenvalue weighted by molar-refractivity contribution is -0.186. The van der Waals surface area contributed by atoms with Crippen LogP contribution >= 0.6 is 11.8 Å². The van der Waals surface area contributed by atoms with Crippen molar-refractivity contribution in [3.63, 3.8) is 0 Å². The summed E-state index contributed by atoms with van der Waals surface area (Å²) in [7, 11) is 4.97. The number of likely N-dealkylation sites (N-methyl/N-ethyl adjacent to an activating group) is 1. The summed E-state index contributed by atoms with van der Waals surface area (Å²) >= 11 is 1.48. The van der Waals surface area contributed by atoms with Crippen LogP contribution in [-0.2, 0) is 32.7 Å². The zero-order valence-electron chi connectivity index (χ0n) is 32.4. The normalized spacial score (nSPS) is 30.1. The first-order chi connectivity index (χ1) is 26.8. The summed E-state index contributed by atoms with van der Waals surface area (Å²) in [5.74, 6) is 0.966. The van der Waals surface area contributed by atoms with Gasteiger partial charge >= 0.3 is 11.9 Å². The fraction of sp³-hybridized carbons (Fsp3) is 0.512. The third-order valence-electron chi connectivity index (χ3n) is 12.9. The van der Waals surface area contributed by atoms with Crippen molar-refractivity contribution < 1.29 is 53.3 Å². The Morgan fingerprint density at radius 3 is 2.50 bits per heavy atom. The zero-order valence-corrected chi connectivity index (χ0v) is 33.2. The van der Waals surface area contributed by atoms with Crippen LogP contribution in [0, 0.1) is 13.8 Å². The molecule has 2 saturated heterocycles. The molecule has 0 aliphatic carbocycles. The van der Waals surface area contributed by atoms with Gasteiger partial charge in [-0.25, -0.2) is 4.79 Å². The number of carbonyl (C=O) groups is 2. The number of nitrogens with zero attached hydrogens (tertiary/aromatic N) is 2. The van der Waals surface area contributed by atoms with Gasteiger partial charge in [0.1, 0.15) is 18.6 Å². The molecule has 56 heavy (non-hydrogen) atoms. The van der Waals surface area contributed by atoms with E-state index in [-0.39, 0.29) is 42.4 Å². The minimum absolute atomic E-state index is 0.0181. The number of benzene rings is 3.